The molecule has 1 aromatic heterocycles. The molecule has 2 rings (SSSR count). The van der Waals surface area contributed by atoms with Crippen LogP contribution in [0.1, 0.15) is 25.2 Å². The summed E-state index contributed by atoms with van der Waals surface area (Å²) in [5.41, 5.74) is 5.49. The fourth-order valence-electron chi connectivity index (χ4n) is 2.03. The first-order valence-corrected chi connectivity index (χ1v) is 6.43. The first kappa shape index (κ1) is 14.0. The summed E-state index contributed by atoms with van der Waals surface area (Å²) in [7, 11) is 0. The highest BCUT2D eigenvalue weighted by molar-refractivity contribution is 5.58. The minimum absolute atomic E-state index is 0.0222. The van der Waals surface area contributed by atoms with E-state index in [-0.39, 0.29) is 5.69 Å². The Morgan fingerprint density at radius 3 is 2.60 bits per heavy atom. The summed E-state index contributed by atoms with van der Waals surface area (Å²) >= 11 is 0. The van der Waals surface area contributed by atoms with Crippen molar-refractivity contribution in [1.82, 2.24) is 9.78 Å². The average molecular weight is 275 g/mol. The Hall–Kier alpha value is -2.41. The Labute approximate surface area is 116 Å². The van der Waals surface area contributed by atoms with E-state index in [9.17, 15) is 10.1 Å². The van der Waals surface area contributed by atoms with E-state index in [1.807, 2.05) is 19.9 Å². The lowest BCUT2D eigenvalue weighted by Gasteiger charge is -2.08. The van der Waals surface area contributed by atoms with Crippen molar-refractivity contribution in [2.24, 2.45) is 5.84 Å². The Morgan fingerprint density at radius 1 is 1.30 bits per heavy atom. The Kier molecular flexibility index (Phi) is 3.99. The zero-order valence-corrected chi connectivity index (χ0v) is 11.5. The van der Waals surface area contributed by atoms with E-state index < -0.39 is 4.92 Å². The highest BCUT2D eigenvalue weighted by atomic mass is 16.6. The number of benzene rings is 1. The van der Waals surface area contributed by atoms with Gasteiger partial charge >= 0.3 is 0 Å². The number of aromatic nitrogens is 2. The molecule has 0 amide bonds. The molecule has 0 unspecified atom stereocenters. The minimum atomic E-state index is -0.444. The number of hydrogen-bond acceptors (Lipinski definition) is 5. The molecule has 0 saturated carbocycles. The molecule has 0 bridgehead atoms. The number of anilines is 1. The Balaban J connectivity index is 2.59. The molecule has 0 aliphatic rings. The van der Waals surface area contributed by atoms with Gasteiger partial charge in [-0.3, -0.25) is 16.0 Å². The Bertz CT molecular complexity index is 636. The third kappa shape index (κ3) is 2.62. The molecule has 0 spiro atoms. The van der Waals surface area contributed by atoms with Crippen LogP contribution in [0.15, 0.2) is 24.3 Å². The van der Waals surface area contributed by atoms with Gasteiger partial charge in [-0.05, 0) is 25.0 Å². The first-order valence-electron chi connectivity index (χ1n) is 6.43. The third-order valence-corrected chi connectivity index (χ3v) is 3.08. The molecule has 0 aliphatic heterocycles. The number of nitrogens with two attached hydrogens (primary N) is 1. The van der Waals surface area contributed by atoms with Crippen LogP contribution in [0.5, 0.6) is 0 Å². The molecule has 7 nitrogen and oxygen atoms in total. The molecule has 1 aromatic carbocycles. The van der Waals surface area contributed by atoms with Gasteiger partial charge in [-0.2, -0.15) is 5.10 Å². The molecular formula is C13H17N5O2. The summed E-state index contributed by atoms with van der Waals surface area (Å²) in [5.74, 6) is 5.37. The molecule has 0 radical (unpaired) electrons. The maximum atomic E-state index is 11.0. The second-order valence-corrected chi connectivity index (χ2v) is 4.39. The van der Waals surface area contributed by atoms with Crippen LogP contribution in [-0.2, 0) is 12.8 Å². The van der Waals surface area contributed by atoms with E-state index in [1.54, 1.807) is 10.7 Å². The number of hydrazine groups is 1. The monoisotopic (exact) mass is 275 g/mol. The van der Waals surface area contributed by atoms with E-state index in [1.165, 1.54) is 12.1 Å². The number of hydrogen-bond donors (Lipinski definition) is 2. The molecule has 0 aliphatic carbocycles. The summed E-state index contributed by atoms with van der Waals surface area (Å²) in [5, 5.41) is 15.4. The molecule has 3 N–H and O–H groups in total. The summed E-state index contributed by atoms with van der Waals surface area (Å²) in [6.07, 6.45) is 1.61. The van der Waals surface area contributed by atoms with Crippen molar-refractivity contribution in [1.29, 1.82) is 0 Å². The molecule has 0 atom stereocenters. The van der Waals surface area contributed by atoms with Gasteiger partial charge in [0, 0.05) is 17.8 Å². The lowest BCUT2D eigenvalue weighted by molar-refractivity contribution is -0.384. The van der Waals surface area contributed by atoms with Gasteiger partial charge in [0.25, 0.3) is 5.69 Å². The summed E-state index contributed by atoms with van der Waals surface area (Å²) in [4.78, 5) is 10.5. The largest absolute Gasteiger partial charge is 0.324 e. The quantitative estimate of drug-likeness (QED) is 0.495. The standard InChI is InChI=1S/C13H17N5O2/c1-3-9-5-11(4-2)17(16-9)12-6-10(15-14)7-13(8-12)18(19)20/h5-8,15H,3-4,14H2,1-2H3. The van der Waals surface area contributed by atoms with Crippen LogP contribution in [0.3, 0.4) is 0 Å². The predicted molar refractivity (Wildman–Crippen MR) is 76.8 cm³/mol. The van der Waals surface area contributed by atoms with E-state index in [0.29, 0.717) is 11.4 Å². The van der Waals surface area contributed by atoms with Crippen LogP contribution < -0.4 is 11.3 Å². The minimum Gasteiger partial charge on any atom is -0.324 e. The highest BCUT2D eigenvalue weighted by Crippen LogP contribution is 2.24. The van der Waals surface area contributed by atoms with E-state index in [2.05, 4.69) is 10.5 Å². The molecule has 20 heavy (non-hydrogen) atoms. The normalized spacial score (nSPS) is 10.6. The van der Waals surface area contributed by atoms with Crippen molar-refractivity contribution in [3.05, 3.63) is 45.8 Å². The number of nitrogens with one attached hydrogen (secondary N) is 1. The van der Waals surface area contributed by atoms with Gasteiger partial charge < -0.3 is 5.43 Å². The molecular weight excluding hydrogens is 258 g/mol. The zero-order valence-electron chi connectivity index (χ0n) is 11.5. The van der Waals surface area contributed by atoms with Gasteiger partial charge in [0.15, 0.2) is 0 Å². The number of nitro benzene ring substituents is 1. The van der Waals surface area contributed by atoms with Gasteiger partial charge in [0.05, 0.1) is 22.0 Å². The second kappa shape index (κ2) is 5.70. The maximum Gasteiger partial charge on any atom is 0.273 e. The van der Waals surface area contributed by atoms with Gasteiger partial charge in [0.2, 0.25) is 0 Å². The smallest absolute Gasteiger partial charge is 0.273 e. The molecule has 0 fully saturated rings. The third-order valence-electron chi connectivity index (χ3n) is 3.08. The van der Waals surface area contributed by atoms with E-state index >= 15 is 0 Å². The number of rotatable bonds is 5. The van der Waals surface area contributed by atoms with Crippen molar-refractivity contribution in [2.75, 3.05) is 5.43 Å². The number of non-ortho nitro benzene ring substituents is 1. The number of nitrogen functional groups attached to an aromatic ring is 1. The fourth-order valence-corrected chi connectivity index (χ4v) is 2.03. The highest BCUT2D eigenvalue weighted by Gasteiger charge is 2.14. The van der Waals surface area contributed by atoms with Gasteiger partial charge in [0.1, 0.15) is 0 Å². The lowest BCUT2D eigenvalue weighted by Crippen LogP contribution is -2.09. The topological polar surface area (TPSA) is 99.0 Å². The van der Waals surface area contributed by atoms with Crippen molar-refractivity contribution >= 4 is 11.4 Å². The van der Waals surface area contributed by atoms with Crippen LogP contribution in [0.4, 0.5) is 11.4 Å². The van der Waals surface area contributed by atoms with Gasteiger partial charge in [-0.25, -0.2) is 4.68 Å². The summed E-state index contributed by atoms with van der Waals surface area (Å²) < 4.78 is 1.73. The van der Waals surface area contributed by atoms with Crippen molar-refractivity contribution in [2.45, 2.75) is 26.7 Å². The fraction of sp³-hybridized carbons (Fsp3) is 0.308. The number of nitro groups is 1. The molecule has 7 heteroatoms. The Morgan fingerprint density at radius 2 is 2.05 bits per heavy atom. The van der Waals surface area contributed by atoms with Crippen LogP contribution in [0.2, 0.25) is 0 Å². The van der Waals surface area contributed by atoms with Crippen molar-refractivity contribution in [3.63, 3.8) is 0 Å². The molecule has 1 heterocycles. The number of aryl methyl sites for hydroxylation is 2. The van der Waals surface area contributed by atoms with Crippen molar-refractivity contribution in [3.8, 4) is 5.69 Å². The summed E-state index contributed by atoms with van der Waals surface area (Å²) in [6.45, 7) is 4.04. The zero-order chi connectivity index (χ0) is 14.7. The summed E-state index contributed by atoms with van der Waals surface area (Å²) in [6, 6.07) is 6.62. The van der Waals surface area contributed by atoms with Crippen LogP contribution in [0, 0.1) is 10.1 Å². The predicted octanol–water partition coefficient (Wildman–Crippen LogP) is 2.19. The SMILES string of the molecule is CCc1cc(CC)n(-c2cc(NN)cc([N+](=O)[O-])c2)n1. The lowest BCUT2D eigenvalue weighted by atomic mass is 10.2. The van der Waals surface area contributed by atoms with E-state index in [0.717, 1.165) is 24.2 Å². The molecule has 0 saturated heterocycles. The molecule has 2 aromatic rings. The average Bonchev–Trinajstić information content (AvgIpc) is 2.90. The van der Waals surface area contributed by atoms with Gasteiger partial charge in [-0.15, -0.1) is 0 Å². The second-order valence-electron chi connectivity index (χ2n) is 4.39. The molecule has 106 valence electrons. The van der Waals surface area contributed by atoms with Crippen molar-refractivity contribution < 1.29 is 4.92 Å². The maximum absolute atomic E-state index is 11.0. The first-order chi connectivity index (χ1) is 9.58. The van der Waals surface area contributed by atoms with Crippen LogP contribution in [-0.4, -0.2) is 14.7 Å². The van der Waals surface area contributed by atoms with Crippen LogP contribution in [0.25, 0.3) is 5.69 Å². The number of nitrogens with zero attached hydrogens (tertiary/aromatic N) is 3. The van der Waals surface area contributed by atoms with Crippen LogP contribution >= 0.6 is 0 Å². The van der Waals surface area contributed by atoms with E-state index in [4.69, 9.17) is 5.84 Å². The van der Waals surface area contributed by atoms with Gasteiger partial charge in [-0.1, -0.05) is 13.8 Å².